The predicted molar refractivity (Wildman–Crippen MR) is 105 cm³/mol. The largest absolute Gasteiger partial charge is 0.462 e. The summed E-state index contributed by atoms with van der Waals surface area (Å²) in [6, 6.07) is 10.4. The van der Waals surface area contributed by atoms with Crippen LogP contribution in [0.4, 0.5) is 10.1 Å². The Morgan fingerprint density at radius 1 is 1.39 bits per heavy atom. The van der Waals surface area contributed by atoms with Gasteiger partial charge in [-0.05, 0) is 43.2 Å². The number of carbonyl (C=O) groups excluding carboxylic acids is 1. The fraction of sp³-hybridized carbons (Fsp3) is 0.286. The normalized spacial score (nSPS) is 19.1. The molecule has 3 aromatic rings. The number of pyridine rings is 1. The van der Waals surface area contributed by atoms with E-state index < -0.39 is 5.97 Å². The maximum absolute atomic E-state index is 13.8. The molecular formula is C21H21FN4O2. The third-order valence-corrected chi connectivity index (χ3v) is 5.13. The summed E-state index contributed by atoms with van der Waals surface area (Å²) in [5, 5.41) is 11.9. The molecular weight excluding hydrogens is 359 g/mol. The van der Waals surface area contributed by atoms with Crippen LogP contribution in [0.5, 0.6) is 0 Å². The minimum absolute atomic E-state index is 0.0429. The minimum atomic E-state index is -0.407. The van der Waals surface area contributed by atoms with Gasteiger partial charge in [0, 0.05) is 30.6 Å². The van der Waals surface area contributed by atoms with Crippen molar-refractivity contribution in [2.24, 2.45) is 5.92 Å². The Morgan fingerprint density at radius 2 is 2.25 bits per heavy atom. The Labute approximate surface area is 162 Å². The number of halogens is 1. The quantitative estimate of drug-likeness (QED) is 0.539. The molecule has 7 heteroatoms. The van der Waals surface area contributed by atoms with E-state index >= 15 is 0 Å². The van der Waals surface area contributed by atoms with Crippen molar-refractivity contribution in [2.75, 3.05) is 18.1 Å². The number of benzene rings is 1. The van der Waals surface area contributed by atoms with Crippen LogP contribution in [0.1, 0.15) is 35.3 Å². The molecule has 1 N–H and O–H groups in total. The molecule has 0 radical (unpaired) electrons. The molecule has 144 valence electrons. The lowest BCUT2D eigenvalue weighted by Gasteiger charge is -2.27. The highest BCUT2D eigenvalue weighted by Crippen LogP contribution is 2.39. The Bertz CT molecular complexity index is 1030. The van der Waals surface area contributed by atoms with E-state index in [9.17, 15) is 9.18 Å². The van der Waals surface area contributed by atoms with E-state index in [-0.39, 0.29) is 17.8 Å². The number of fused-ring (bicyclic) bond motifs is 1. The molecule has 6 nitrogen and oxygen atoms in total. The molecule has 0 bridgehead atoms. The summed E-state index contributed by atoms with van der Waals surface area (Å²) >= 11 is 0. The summed E-state index contributed by atoms with van der Waals surface area (Å²) < 4.78 is 20.5. The minimum Gasteiger partial charge on any atom is -0.462 e. The molecule has 0 unspecified atom stereocenters. The zero-order valence-electron chi connectivity index (χ0n) is 15.5. The van der Waals surface area contributed by atoms with Gasteiger partial charge in [-0.1, -0.05) is 12.1 Å². The maximum atomic E-state index is 13.8. The maximum Gasteiger partial charge on any atom is 0.341 e. The van der Waals surface area contributed by atoms with E-state index in [1.54, 1.807) is 29.8 Å². The van der Waals surface area contributed by atoms with Crippen LogP contribution in [0.15, 0.2) is 48.8 Å². The Morgan fingerprint density at radius 3 is 3.00 bits per heavy atom. The lowest BCUT2D eigenvalue weighted by atomic mass is 10.0. The van der Waals surface area contributed by atoms with Gasteiger partial charge in [0.25, 0.3) is 0 Å². The topological polar surface area (TPSA) is 70.7 Å². The molecule has 0 saturated carbocycles. The van der Waals surface area contributed by atoms with Crippen LogP contribution >= 0.6 is 0 Å². The molecule has 1 aliphatic heterocycles. The molecule has 2 atom stereocenters. The molecule has 1 aromatic carbocycles. The van der Waals surface area contributed by atoms with Crippen molar-refractivity contribution in [1.29, 1.82) is 5.41 Å². The molecule has 1 saturated heterocycles. The fourth-order valence-electron chi connectivity index (χ4n) is 3.82. The standard InChI is InChI=1S/C21H21FN4O2/c1-2-28-21(27)18-12-24-26-7-6-17(10-20(18)26)25-13-14(11-23)8-19(25)15-4-3-5-16(22)9-15/h3-7,9-12,14,19,23H,2,8,13H2,1H3/t14-,19-/m1/s1. The van der Waals surface area contributed by atoms with Gasteiger partial charge in [-0.15, -0.1) is 0 Å². The summed E-state index contributed by atoms with van der Waals surface area (Å²) in [5.41, 5.74) is 2.85. The zero-order valence-corrected chi connectivity index (χ0v) is 15.5. The number of ether oxygens (including phenoxy) is 1. The lowest BCUT2D eigenvalue weighted by Crippen LogP contribution is -2.23. The van der Waals surface area contributed by atoms with E-state index in [0.717, 1.165) is 17.7 Å². The van der Waals surface area contributed by atoms with Gasteiger partial charge in [0.15, 0.2) is 0 Å². The van der Waals surface area contributed by atoms with Crippen molar-refractivity contribution in [3.05, 3.63) is 65.7 Å². The summed E-state index contributed by atoms with van der Waals surface area (Å²) in [6.45, 7) is 2.72. The number of hydrogen-bond acceptors (Lipinski definition) is 5. The molecule has 3 heterocycles. The summed E-state index contributed by atoms with van der Waals surface area (Å²) in [6.07, 6.45) is 5.50. The highest BCUT2D eigenvalue weighted by molar-refractivity contribution is 5.97. The van der Waals surface area contributed by atoms with Gasteiger partial charge in [0.1, 0.15) is 11.4 Å². The first kappa shape index (κ1) is 18.2. The van der Waals surface area contributed by atoms with Crippen molar-refractivity contribution in [1.82, 2.24) is 9.61 Å². The van der Waals surface area contributed by atoms with Crippen molar-refractivity contribution in [3.8, 4) is 0 Å². The third-order valence-electron chi connectivity index (χ3n) is 5.13. The first-order valence-electron chi connectivity index (χ1n) is 9.28. The van der Waals surface area contributed by atoms with Gasteiger partial charge in [-0.25, -0.2) is 13.7 Å². The average molecular weight is 380 g/mol. The van der Waals surface area contributed by atoms with Crippen LogP contribution in [-0.2, 0) is 4.74 Å². The number of rotatable bonds is 5. The molecule has 1 aliphatic rings. The van der Waals surface area contributed by atoms with Crippen LogP contribution in [0.25, 0.3) is 5.52 Å². The molecule has 0 spiro atoms. The smallest absolute Gasteiger partial charge is 0.341 e. The van der Waals surface area contributed by atoms with Gasteiger partial charge in [-0.2, -0.15) is 5.10 Å². The molecule has 0 amide bonds. The van der Waals surface area contributed by atoms with Crippen LogP contribution in [0.2, 0.25) is 0 Å². The van der Waals surface area contributed by atoms with E-state index in [2.05, 4.69) is 10.00 Å². The second-order valence-electron chi connectivity index (χ2n) is 6.88. The molecule has 1 fully saturated rings. The van der Waals surface area contributed by atoms with Crippen LogP contribution in [0, 0.1) is 17.1 Å². The second kappa shape index (κ2) is 7.42. The Balaban J connectivity index is 1.75. The van der Waals surface area contributed by atoms with Crippen LogP contribution in [-0.4, -0.2) is 34.9 Å². The van der Waals surface area contributed by atoms with E-state index in [1.807, 2.05) is 18.2 Å². The second-order valence-corrected chi connectivity index (χ2v) is 6.88. The monoisotopic (exact) mass is 380 g/mol. The van der Waals surface area contributed by atoms with Gasteiger partial charge in [0.05, 0.1) is 24.4 Å². The first-order valence-corrected chi connectivity index (χ1v) is 9.28. The van der Waals surface area contributed by atoms with Crippen molar-refractivity contribution in [2.45, 2.75) is 19.4 Å². The average Bonchev–Trinajstić information content (AvgIpc) is 3.32. The first-order chi connectivity index (χ1) is 13.6. The summed E-state index contributed by atoms with van der Waals surface area (Å²) in [4.78, 5) is 14.4. The molecule has 2 aromatic heterocycles. The molecule has 28 heavy (non-hydrogen) atoms. The van der Waals surface area contributed by atoms with Crippen LogP contribution < -0.4 is 4.90 Å². The van der Waals surface area contributed by atoms with Gasteiger partial charge in [-0.3, -0.25) is 0 Å². The highest BCUT2D eigenvalue weighted by atomic mass is 19.1. The zero-order chi connectivity index (χ0) is 19.7. The van der Waals surface area contributed by atoms with Crippen molar-refractivity contribution < 1.29 is 13.9 Å². The van der Waals surface area contributed by atoms with Crippen molar-refractivity contribution >= 4 is 23.4 Å². The fourth-order valence-corrected chi connectivity index (χ4v) is 3.82. The number of nitrogens with one attached hydrogen (secondary N) is 1. The number of hydrogen-bond donors (Lipinski definition) is 1. The number of anilines is 1. The number of aromatic nitrogens is 2. The van der Waals surface area contributed by atoms with Gasteiger partial charge < -0.3 is 15.0 Å². The van der Waals surface area contributed by atoms with E-state index in [0.29, 0.717) is 24.2 Å². The van der Waals surface area contributed by atoms with E-state index in [4.69, 9.17) is 10.1 Å². The summed E-state index contributed by atoms with van der Waals surface area (Å²) in [7, 11) is 0. The SMILES string of the molecule is CCOC(=O)c1cnn2ccc(N3C[C@@H](C=N)C[C@@H]3c3cccc(F)c3)cc12. The number of esters is 1. The molecule has 0 aliphatic carbocycles. The number of carbonyl (C=O) groups is 1. The van der Waals surface area contributed by atoms with Crippen molar-refractivity contribution in [3.63, 3.8) is 0 Å². The number of nitrogens with zero attached hydrogens (tertiary/aromatic N) is 3. The van der Waals surface area contributed by atoms with Gasteiger partial charge in [0.2, 0.25) is 0 Å². The van der Waals surface area contributed by atoms with Gasteiger partial charge >= 0.3 is 5.97 Å². The third kappa shape index (κ3) is 3.24. The lowest BCUT2D eigenvalue weighted by molar-refractivity contribution is 0.0528. The Kier molecular flexibility index (Phi) is 4.81. The van der Waals surface area contributed by atoms with E-state index in [1.165, 1.54) is 18.5 Å². The Hall–Kier alpha value is -3.22. The predicted octanol–water partition coefficient (Wildman–Crippen LogP) is 3.87. The molecule has 4 rings (SSSR count). The summed E-state index contributed by atoms with van der Waals surface area (Å²) in [5.74, 6) is -0.597. The highest BCUT2D eigenvalue weighted by Gasteiger charge is 2.33. The van der Waals surface area contributed by atoms with Crippen LogP contribution in [0.3, 0.4) is 0 Å².